The van der Waals surface area contributed by atoms with Gasteiger partial charge in [0.05, 0.1) is 0 Å². The Labute approximate surface area is 90.5 Å². The monoisotopic (exact) mass is 206 g/mol. The molecular formula is C12H18N2O. The molecule has 1 unspecified atom stereocenters. The first-order valence-corrected chi connectivity index (χ1v) is 5.77. The van der Waals surface area contributed by atoms with Gasteiger partial charge in [0, 0.05) is 18.8 Å². The van der Waals surface area contributed by atoms with E-state index >= 15 is 0 Å². The lowest BCUT2D eigenvalue weighted by atomic mass is 10.00. The van der Waals surface area contributed by atoms with E-state index in [9.17, 15) is 4.79 Å². The number of carbonyl (C=O) groups is 1. The molecule has 1 aromatic rings. The molecule has 3 heteroatoms. The number of amides is 1. The highest BCUT2D eigenvalue weighted by molar-refractivity contribution is 5.92. The Morgan fingerprint density at radius 2 is 2.47 bits per heavy atom. The van der Waals surface area contributed by atoms with Crippen molar-refractivity contribution >= 4 is 5.91 Å². The molecule has 1 aromatic heterocycles. The molecule has 0 aliphatic carbocycles. The van der Waals surface area contributed by atoms with Crippen LogP contribution in [0.3, 0.4) is 0 Å². The predicted molar refractivity (Wildman–Crippen MR) is 59.8 cm³/mol. The van der Waals surface area contributed by atoms with E-state index in [0.29, 0.717) is 6.04 Å². The molecule has 0 radical (unpaired) electrons. The van der Waals surface area contributed by atoms with Gasteiger partial charge in [-0.1, -0.05) is 6.92 Å². The SMILES string of the molecule is CCC1CCCCN1C(=O)c1ccc[nH]1. The van der Waals surface area contributed by atoms with Crippen LogP contribution in [0.25, 0.3) is 0 Å². The Kier molecular flexibility index (Phi) is 3.09. The van der Waals surface area contributed by atoms with Gasteiger partial charge >= 0.3 is 0 Å². The number of piperidine rings is 1. The highest BCUT2D eigenvalue weighted by Crippen LogP contribution is 2.21. The number of aromatic amines is 1. The Bertz CT molecular complexity index is 318. The number of aromatic nitrogens is 1. The minimum Gasteiger partial charge on any atom is -0.357 e. The van der Waals surface area contributed by atoms with E-state index in [4.69, 9.17) is 0 Å². The van der Waals surface area contributed by atoms with Gasteiger partial charge in [0.15, 0.2) is 0 Å². The number of hydrogen-bond donors (Lipinski definition) is 1. The van der Waals surface area contributed by atoms with Crippen LogP contribution in [0, 0.1) is 0 Å². The lowest BCUT2D eigenvalue weighted by Gasteiger charge is -2.35. The van der Waals surface area contributed by atoms with Gasteiger partial charge in [0.25, 0.3) is 5.91 Å². The van der Waals surface area contributed by atoms with Crippen molar-refractivity contribution in [2.24, 2.45) is 0 Å². The summed E-state index contributed by atoms with van der Waals surface area (Å²) in [6.45, 7) is 3.07. The summed E-state index contributed by atoms with van der Waals surface area (Å²) in [7, 11) is 0. The van der Waals surface area contributed by atoms with Crippen molar-refractivity contribution in [1.29, 1.82) is 0 Å². The second-order valence-corrected chi connectivity index (χ2v) is 4.14. The number of likely N-dealkylation sites (tertiary alicyclic amines) is 1. The highest BCUT2D eigenvalue weighted by Gasteiger charge is 2.26. The van der Waals surface area contributed by atoms with Crippen molar-refractivity contribution in [3.8, 4) is 0 Å². The van der Waals surface area contributed by atoms with Crippen molar-refractivity contribution in [3.63, 3.8) is 0 Å². The fraction of sp³-hybridized carbons (Fsp3) is 0.583. The van der Waals surface area contributed by atoms with E-state index in [1.807, 2.05) is 17.0 Å². The summed E-state index contributed by atoms with van der Waals surface area (Å²) in [4.78, 5) is 17.1. The molecule has 1 aliphatic rings. The van der Waals surface area contributed by atoms with E-state index in [0.717, 1.165) is 31.5 Å². The number of nitrogens with zero attached hydrogens (tertiary/aromatic N) is 1. The molecule has 1 aliphatic heterocycles. The maximum atomic E-state index is 12.1. The summed E-state index contributed by atoms with van der Waals surface area (Å²) >= 11 is 0. The first-order chi connectivity index (χ1) is 7.33. The molecular weight excluding hydrogens is 188 g/mol. The van der Waals surface area contributed by atoms with Crippen LogP contribution in [0.2, 0.25) is 0 Å². The van der Waals surface area contributed by atoms with Gasteiger partial charge in [0.1, 0.15) is 5.69 Å². The number of hydrogen-bond acceptors (Lipinski definition) is 1. The summed E-state index contributed by atoms with van der Waals surface area (Å²) in [5, 5.41) is 0. The quantitative estimate of drug-likeness (QED) is 0.792. The van der Waals surface area contributed by atoms with Crippen molar-refractivity contribution < 1.29 is 4.79 Å². The zero-order valence-electron chi connectivity index (χ0n) is 9.20. The maximum Gasteiger partial charge on any atom is 0.270 e. The average molecular weight is 206 g/mol. The molecule has 0 bridgehead atoms. The maximum absolute atomic E-state index is 12.1. The van der Waals surface area contributed by atoms with Gasteiger partial charge in [-0.15, -0.1) is 0 Å². The van der Waals surface area contributed by atoms with E-state index in [1.54, 1.807) is 6.20 Å². The van der Waals surface area contributed by atoms with Crippen molar-refractivity contribution in [3.05, 3.63) is 24.0 Å². The zero-order valence-corrected chi connectivity index (χ0v) is 9.20. The van der Waals surface area contributed by atoms with Gasteiger partial charge < -0.3 is 9.88 Å². The van der Waals surface area contributed by atoms with Gasteiger partial charge in [-0.05, 0) is 37.8 Å². The van der Waals surface area contributed by atoms with E-state index in [-0.39, 0.29) is 5.91 Å². The standard InChI is InChI=1S/C12H18N2O/c1-2-10-6-3-4-9-14(10)12(15)11-7-5-8-13-11/h5,7-8,10,13H,2-4,6,9H2,1H3. The van der Waals surface area contributed by atoms with E-state index < -0.39 is 0 Å². The van der Waals surface area contributed by atoms with Crippen molar-refractivity contribution in [2.45, 2.75) is 38.6 Å². The fourth-order valence-electron chi connectivity index (χ4n) is 2.31. The molecule has 2 heterocycles. The smallest absolute Gasteiger partial charge is 0.270 e. The molecule has 1 atom stereocenters. The Morgan fingerprint density at radius 1 is 1.60 bits per heavy atom. The Balaban J connectivity index is 2.11. The van der Waals surface area contributed by atoms with Gasteiger partial charge in [-0.2, -0.15) is 0 Å². The van der Waals surface area contributed by atoms with Crippen LogP contribution in [0.15, 0.2) is 18.3 Å². The van der Waals surface area contributed by atoms with Crippen LogP contribution in [-0.4, -0.2) is 28.4 Å². The molecule has 0 aromatic carbocycles. The third kappa shape index (κ3) is 2.06. The average Bonchev–Trinajstić information content (AvgIpc) is 2.81. The molecule has 1 N–H and O–H groups in total. The van der Waals surface area contributed by atoms with Crippen LogP contribution >= 0.6 is 0 Å². The number of nitrogens with one attached hydrogen (secondary N) is 1. The van der Waals surface area contributed by atoms with Crippen LogP contribution < -0.4 is 0 Å². The molecule has 1 amide bonds. The van der Waals surface area contributed by atoms with E-state index in [2.05, 4.69) is 11.9 Å². The highest BCUT2D eigenvalue weighted by atomic mass is 16.2. The first kappa shape index (κ1) is 10.3. The predicted octanol–water partition coefficient (Wildman–Crippen LogP) is 2.42. The summed E-state index contributed by atoms with van der Waals surface area (Å²) in [5.74, 6) is 0.159. The van der Waals surface area contributed by atoms with Crippen LogP contribution in [0.5, 0.6) is 0 Å². The largest absolute Gasteiger partial charge is 0.357 e. The zero-order chi connectivity index (χ0) is 10.7. The molecule has 1 fully saturated rings. The van der Waals surface area contributed by atoms with Gasteiger partial charge in [-0.25, -0.2) is 0 Å². The molecule has 0 saturated carbocycles. The third-order valence-electron chi connectivity index (χ3n) is 3.19. The molecule has 0 spiro atoms. The number of rotatable bonds is 2. The normalized spacial score (nSPS) is 21.7. The summed E-state index contributed by atoms with van der Waals surface area (Å²) < 4.78 is 0. The molecule has 2 rings (SSSR count). The Morgan fingerprint density at radius 3 is 3.13 bits per heavy atom. The summed E-state index contributed by atoms with van der Waals surface area (Å²) in [6, 6.07) is 4.16. The van der Waals surface area contributed by atoms with Gasteiger partial charge in [-0.3, -0.25) is 4.79 Å². The lowest BCUT2D eigenvalue weighted by Crippen LogP contribution is -2.43. The van der Waals surface area contributed by atoms with Crippen molar-refractivity contribution in [1.82, 2.24) is 9.88 Å². The first-order valence-electron chi connectivity index (χ1n) is 5.77. The van der Waals surface area contributed by atoms with Crippen LogP contribution in [0.4, 0.5) is 0 Å². The number of carbonyl (C=O) groups excluding carboxylic acids is 1. The topological polar surface area (TPSA) is 36.1 Å². The second-order valence-electron chi connectivity index (χ2n) is 4.14. The molecule has 82 valence electrons. The lowest BCUT2D eigenvalue weighted by molar-refractivity contribution is 0.0602. The van der Waals surface area contributed by atoms with E-state index in [1.165, 1.54) is 6.42 Å². The third-order valence-corrected chi connectivity index (χ3v) is 3.19. The second kappa shape index (κ2) is 4.51. The Hall–Kier alpha value is -1.25. The fourth-order valence-corrected chi connectivity index (χ4v) is 2.31. The number of H-pyrrole nitrogens is 1. The molecule has 1 saturated heterocycles. The van der Waals surface area contributed by atoms with Crippen LogP contribution in [0.1, 0.15) is 43.1 Å². The van der Waals surface area contributed by atoms with Gasteiger partial charge in [0.2, 0.25) is 0 Å². The van der Waals surface area contributed by atoms with Crippen molar-refractivity contribution in [2.75, 3.05) is 6.54 Å². The van der Waals surface area contributed by atoms with Crippen LogP contribution in [-0.2, 0) is 0 Å². The summed E-state index contributed by atoms with van der Waals surface area (Å²) in [5.41, 5.74) is 0.718. The minimum atomic E-state index is 0.159. The molecule has 15 heavy (non-hydrogen) atoms. The summed E-state index contributed by atoms with van der Waals surface area (Å²) in [6.07, 6.45) is 6.42. The molecule has 3 nitrogen and oxygen atoms in total. The minimum absolute atomic E-state index is 0.159.